The van der Waals surface area contributed by atoms with Gasteiger partial charge in [-0.15, -0.1) is 0 Å². The van der Waals surface area contributed by atoms with Gasteiger partial charge in [-0.3, -0.25) is 15.0 Å². The predicted octanol–water partition coefficient (Wildman–Crippen LogP) is 4.25. The lowest BCUT2D eigenvalue weighted by molar-refractivity contribution is -0.352. The SMILES string of the molecule is COC(=O)[C@@]1(O[C@H]2[C@@H](OC(=O)c3ccccc3)COC(OC(C)=N)[C@H]2OC(=O)c2ccccc2)CC(C)[C@@H](C)[C@H]([C@H](C)[C@@H](COC(C)=O)OC(C)=O)O1. The van der Waals surface area contributed by atoms with Crippen LogP contribution in [-0.4, -0.2) is 98.7 Å². The Morgan fingerprint density at radius 3 is 1.96 bits per heavy atom. The molecule has 2 saturated heterocycles. The zero-order valence-electron chi connectivity index (χ0n) is 30.8. The van der Waals surface area contributed by atoms with Crippen LogP contribution in [0.1, 0.15) is 68.7 Å². The van der Waals surface area contributed by atoms with Gasteiger partial charge in [0.15, 0.2) is 18.1 Å². The molecular formula is C38H47NO14. The van der Waals surface area contributed by atoms with Crippen molar-refractivity contribution in [2.45, 2.75) is 90.6 Å². The fourth-order valence-electron chi connectivity index (χ4n) is 6.38. The number of nitrogens with one attached hydrogen (secondary N) is 1. The van der Waals surface area contributed by atoms with Crippen LogP contribution in [-0.2, 0) is 57.0 Å². The van der Waals surface area contributed by atoms with E-state index in [4.69, 9.17) is 48.0 Å². The molecule has 0 bridgehead atoms. The molecule has 2 aromatic carbocycles. The molecule has 4 rings (SSSR count). The van der Waals surface area contributed by atoms with E-state index in [-0.39, 0.29) is 48.5 Å². The van der Waals surface area contributed by atoms with Gasteiger partial charge in [0.25, 0.3) is 5.79 Å². The van der Waals surface area contributed by atoms with Gasteiger partial charge in [-0.1, -0.05) is 57.2 Å². The number of hydrogen-bond donors (Lipinski definition) is 1. The number of methoxy groups -OCH3 is 1. The van der Waals surface area contributed by atoms with Gasteiger partial charge < -0.3 is 42.6 Å². The van der Waals surface area contributed by atoms with Gasteiger partial charge >= 0.3 is 29.8 Å². The maximum Gasteiger partial charge on any atom is 0.366 e. The molecule has 0 saturated carbocycles. The average Bonchev–Trinajstić information content (AvgIpc) is 3.13. The van der Waals surface area contributed by atoms with Crippen molar-refractivity contribution in [1.29, 1.82) is 5.41 Å². The van der Waals surface area contributed by atoms with Gasteiger partial charge in [-0.05, 0) is 36.1 Å². The van der Waals surface area contributed by atoms with E-state index in [1.54, 1.807) is 55.5 Å². The smallest absolute Gasteiger partial charge is 0.366 e. The summed E-state index contributed by atoms with van der Waals surface area (Å²) >= 11 is 0. The topological polar surface area (TPSA) is 192 Å². The third-order valence-electron chi connectivity index (χ3n) is 9.23. The lowest BCUT2D eigenvalue weighted by atomic mass is 9.76. The molecule has 10 atom stereocenters. The summed E-state index contributed by atoms with van der Waals surface area (Å²) < 4.78 is 52.7. The molecule has 15 nitrogen and oxygen atoms in total. The second-order valence-electron chi connectivity index (χ2n) is 13.2. The van der Waals surface area contributed by atoms with Crippen molar-refractivity contribution in [2.75, 3.05) is 20.3 Å². The van der Waals surface area contributed by atoms with Gasteiger partial charge in [0, 0.05) is 33.1 Å². The first kappa shape index (κ1) is 40.9. The summed E-state index contributed by atoms with van der Waals surface area (Å²) in [5.41, 5.74) is 0.368. The van der Waals surface area contributed by atoms with Crippen molar-refractivity contribution in [1.82, 2.24) is 0 Å². The van der Waals surface area contributed by atoms with E-state index < -0.39 is 78.4 Å². The zero-order valence-corrected chi connectivity index (χ0v) is 30.8. The Bertz CT molecular complexity index is 1600. The number of carbonyl (C=O) groups excluding carboxylic acids is 5. The normalized spacial score (nSPS) is 27.9. The number of ether oxygens (including phenoxy) is 9. The molecule has 2 aliphatic rings. The monoisotopic (exact) mass is 741 g/mol. The van der Waals surface area contributed by atoms with E-state index in [0.717, 1.165) is 7.11 Å². The summed E-state index contributed by atoms with van der Waals surface area (Å²) in [4.78, 5) is 64.8. The standard InChI is InChI=1S/C38H47NO14/c1-21-18-38(37(44)45-7,52-31(22(21)2)23(3)29(49-26(6)41)19-46-25(5)40)53-32-30(50-34(42)27-14-10-8-11-15-27)20-47-36(48-24(4)39)33(32)51-35(43)28-16-12-9-13-17-28/h8-17,21-23,29-33,36,39H,18-20H2,1-7H3/t21?,22-,23-,29-,30+,31-,32+,33+,36?,38+/m1/s1. The van der Waals surface area contributed by atoms with Gasteiger partial charge in [-0.25, -0.2) is 14.4 Å². The first-order valence-corrected chi connectivity index (χ1v) is 17.3. The first-order valence-electron chi connectivity index (χ1n) is 17.3. The van der Waals surface area contributed by atoms with E-state index in [1.165, 1.54) is 32.9 Å². The van der Waals surface area contributed by atoms with Crippen molar-refractivity contribution in [2.24, 2.45) is 17.8 Å². The quantitative estimate of drug-likeness (QED) is 0.133. The average molecular weight is 742 g/mol. The second-order valence-corrected chi connectivity index (χ2v) is 13.2. The summed E-state index contributed by atoms with van der Waals surface area (Å²) in [6.45, 7) is 8.63. The van der Waals surface area contributed by atoms with Crippen LogP contribution in [0.3, 0.4) is 0 Å². The molecule has 0 spiro atoms. The summed E-state index contributed by atoms with van der Waals surface area (Å²) in [6.07, 6.45) is -7.73. The molecule has 288 valence electrons. The van der Waals surface area contributed by atoms with E-state index in [9.17, 15) is 24.0 Å². The van der Waals surface area contributed by atoms with Crippen LogP contribution >= 0.6 is 0 Å². The van der Waals surface area contributed by atoms with Crippen LogP contribution in [0.4, 0.5) is 0 Å². The maximum absolute atomic E-state index is 14.0. The number of benzene rings is 2. The Morgan fingerprint density at radius 2 is 1.43 bits per heavy atom. The molecule has 0 aliphatic carbocycles. The number of rotatable bonds is 13. The molecule has 2 aliphatic heterocycles. The lowest BCUT2D eigenvalue weighted by Gasteiger charge is -2.50. The van der Waals surface area contributed by atoms with Crippen molar-refractivity contribution < 1.29 is 66.6 Å². The Labute approximate surface area is 307 Å². The van der Waals surface area contributed by atoms with Crippen LogP contribution in [0.15, 0.2) is 60.7 Å². The Morgan fingerprint density at radius 1 is 0.849 bits per heavy atom. The molecule has 15 heteroatoms. The van der Waals surface area contributed by atoms with E-state index in [1.807, 2.05) is 13.8 Å². The molecule has 53 heavy (non-hydrogen) atoms. The van der Waals surface area contributed by atoms with E-state index in [0.29, 0.717) is 0 Å². The highest BCUT2D eigenvalue weighted by Crippen LogP contribution is 2.44. The lowest BCUT2D eigenvalue weighted by Crippen LogP contribution is -2.65. The van der Waals surface area contributed by atoms with Crippen molar-refractivity contribution in [3.05, 3.63) is 71.8 Å². The molecule has 0 radical (unpaired) electrons. The highest BCUT2D eigenvalue weighted by atomic mass is 16.8. The summed E-state index contributed by atoms with van der Waals surface area (Å²) in [7, 11) is 1.15. The largest absolute Gasteiger partial charge is 0.465 e. The number of hydrogen-bond acceptors (Lipinski definition) is 15. The molecule has 2 aromatic rings. The fourth-order valence-corrected chi connectivity index (χ4v) is 6.38. The highest BCUT2D eigenvalue weighted by Gasteiger charge is 2.59. The second kappa shape index (κ2) is 18.3. The Balaban J connectivity index is 1.80. The van der Waals surface area contributed by atoms with Gasteiger partial charge in [0.1, 0.15) is 18.8 Å². The highest BCUT2D eigenvalue weighted by molar-refractivity contribution is 5.90. The van der Waals surface area contributed by atoms with Crippen molar-refractivity contribution >= 4 is 35.7 Å². The summed E-state index contributed by atoms with van der Waals surface area (Å²) in [5.74, 6) is -7.51. The fraction of sp³-hybridized carbons (Fsp3) is 0.526. The van der Waals surface area contributed by atoms with Crippen LogP contribution in [0.2, 0.25) is 0 Å². The minimum atomic E-state index is -2.22. The van der Waals surface area contributed by atoms with Gasteiger partial charge in [-0.2, -0.15) is 0 Å². The van der Waals surface area contributed by atoms with Crippen molar-refractivity contribution in [3.8, 4) is 0 Å². The van der Waals surface area contributed by atoms with Gasteiger partial charge in [0.2, 0.25) is 6.29 Å². The third kappa shape index (κ3) is 10.4. The van der Waals surface area contributed by atoms with E-state index in [2.05, 4.69) is 0 Å². The molecule has 2 unspecified atom stereocenters. The number of carbonyl (C=O) groups is 5. The van der Waals surface area contributed by atoms with Crippen LogP contribution in [0, 0.1) is 23.2 Å². The van der Waals surface area contributed by atoms with Crippen LogP contribution in [0.25, 0.3) is 0 Å². The van der Waals surface area contributed by atoms with Gasteiger partial charge in [0.05, 0.1) is 30.9 Å². The molecule has 0 aromatic heterocycles. The number of esters is 5. The van der Waals surface area contributed by atoms with Crippen LogP contribution in [0.5, 0.6) is 0 Å². The van der Waals surface area contributed by atoms with E-state index >= 15 is 0 Å². The maximum atomic E-state index is 14.0. The third-order valence-corrected chi connectivity index (χ3v) is 9.23. The zero-order chi connectivity index (χ0) is 38.9. The molecule has 0 amide bonds. The summed E-state index contributed by atoms with van der Waals surface area (Å²) in [6, 6.07) is 16.2. The Kier molecular flexibility index (Phi) is 14.1. The minimum absolute atomic E-state index is 0.0720. The van der Waals surface area contributed by atoms with Crippen LogP contribution < -0.4 is 0 Å². The van der Waals surface area contributed by atoms with Crippen molar-refractivity contribution in [3.63, 3.8) is 0 Å². The molecule has 2 heterocycles. The first-order chi connectivity index (χ1) is 25.1. The molecular weight excluding hydrogens is 694 g/mol. The summed E-state index contributed by atoms with van der Waals surface area (Å²) in [5, 5.41) is 8.03. The molecule has 2 fully saturated rings. The Hall–Kier alpha value is -4.86. The molecule has 1 N–H and O–H groups in total. The minimum Gasteiger partial charge on any atom is -0.465 e. The predicted molar refractivity (Wildman–Crippen MR) is 184 cm³/mol.